The number of para-hydroxylation sites is 1. The number of rotatable bonds is 4. The highest BCUT2D eigenvalue weighted by Gasteiger charge is 2.56. The molecule has 2 amide bonds. The highest BCUT2D eigenvalue weighted by Crippen LogP contribution is 2.49. The summed E-state index contributed by atoms with van der Waals surface area (Å²) in [7, 11) is 0. The molecule has 176 valence electrons. The van der Waals surface area contributed by atoms with E-state index < -0.39 is 5.54 Å². The molecule has 1 aromatic heterocycles. The molecule has 1 fully saturated rings. The smallest absolute Gasteiger partial charge is 0.254 e. The highest BCUT2D eigenvalue weighted by atomic mass is 35.5. The lowest BCUT2D eigenvalue weighted by Gasteiger charge is -2.51. The van der Waals surface area contributed by atoms with E-state index in [2.05, 4.69) is 23.2 Å². The van der Waals surface area contributed by atoms with Gasteiger partial charge in [0.15, 0.2) is 5.54 Å². The van der Waals surface area contributed by atoms with Gasteiger partial charge in [-0.1, -0.05) is 78.3 Å². The minimum atomic E-state index is -1.10. The van der Waals surface area contributed by atoms with E-state index in [0.717, 1.165) is 33.3 Å². The largest absolute Gasteiger partial charge is 0.356 e. The number of carbonyl (C=O) groups is 2. The van der Waals surface area contributed by atoms with Gasteiger partial charge in [-0.15, -0.1) is 0 Å². The van der Waals surface area contributed by atoms with Crippen molar-refractivity contribution in [1.29, 1.82) is 0 Å². The van der Waals surface area contributed by atoms with Gasteiger partial charge in [0.1, 0.15) is 0 Å². The van der Waals surface area contributed by atoms with Crippen molar-refractivity contribution in [3.05, 3.63) is 106 Å². The first-order valence-corrected chi connectivity index (χ1v) is 12.4. The summed E-state index contributed by atoms with van der Waals surface area (Å²) in [5.41, 5.74) is 3.82. The molecule has 6 heteroatoms. The van der Waals surface area contributed by atoms with Crippen LogP contribution in [0.5, 0.6) is 0 Å². The number of nitrogens with one attached hydrogen (secondary N) is 1. The zero-order chi connectivity index (χ0) is 24.2. The van der Waals surface area contributed by atoms with Gasteiger partial charge < -0.3 is 14.8 Å². The molecule has 2 aliphatic rings. The number of aromatic amines is 1. The molecule has 4 aromatic rings. The van der Waals surface area contributed by atoms with Crippen LogP contribution in [0.3, 0.4) is 0 Å². The summed E-state index contributed by atoms with van der Waals surface area (Å²) < 4.78 is 0. The molecule has 3 heterocycles. The second-order valence-corrected chi connectivity index (χ2v) is 9.98. The number of halogens is 1. The quantitative estimate of drug-likeness (QED) is 0.439. The van der Waals surface area contributed by atoms with Crippen molar-refractivity contribution in [3.8, 4) is 0 Å². The maximum absolute atomic E-state index is 14.1. The maximum atomic E-state index is 14.1. The van der Waals surface area contributed by atoms with Crippen LogP contribution in [-0.4, -0.2) is 46.2 Å². The Kier molecular flexibility index (Phi) is 5.19. The first-order chi connectivity index (χ1) is 17.0. The van der Waals surface area contributed by atoms with E-state index in [1.165, 1.54) is 0 Å². The predicted molar refractivity (Wildman–Crippen MR) is 137 cm³/mol. The minimum Gasteiger partial charge on any atom is -0.356 e. The van der Waals surface area contributed by atoms with Crippen LogP contribution < -0.4 is 0 Å². The molecule has 0 radical (unpaired) electrons. The van der Waals surface area contributed by atoms with Crippen molar-refractivity contribution in [2.75, 3.05) is 19.6 Å². The zero-order valence-electron chi connectivity index (χ0n) is 19.5. The van der Waals surface area contributed by atoms with E-state index in [0.29, 0.717) is 24.5 Å². The first kappa shape index (κ1) is 21.9. The molecular weight excluding hydrogens is 458 g/mol. The third kappa shape index (κ3) is 3.37. The summed E-state index contributed by atoms with van der Waals surface area (Å²) in [5, 5.41) is 1.73. The van der Waals surface area contributed by atoms with Gasteiger partial charge in [0.05, 0.1) is 12.2 Å². The van der Waals surface area contributed by atoms with Crippen LogP contribution in [0.15, 0.2) is 78.9 Å². The van der Waals surface area contributed by atoms with Gasteiger partial charge in [-0.3, -0.25) is 9.59 Å². The first-order valence-electron chi connectivity index (χ1n) is 12.0. The van der Waals surface area contributed by atoms with Crippen LogP contribution in [0.25, 0.3) is 10.9 Å². The molecule has 3 aromatic carbocycles. The summed E-state index contributed by atoms with van der Waals surface area (Å²) in [6.45, 7) is 2.89. The standard InChI is InChI=1S/C29H26ClN3O2/c1-29-27-26(21-12-6-8-14-24(21)31-27)22(20-11-5-7-13-23(20)30)17-33(29)25(34)18-32(28(29)35)16-15-19-9-3-2-4-10-19/h2-14,22,31H,15-18H2,1H3/t22-,29-/m0/s1. The molecule has 5 nitrogen and oxygen atoms in total. The molecule has 35 heavy (non-hydrogen) atoms. The molecule has 1 saturated heterocycles. The Morgan fingerprint density at radius 1 is 0.971 bits per heavy atom. The van der Waals surface area contributed by atoms with E-state index in [1.807, 2.05) is 67.6 Å². The van der Waals surface area contributed by atoms with E-state index in [4.69, 9.17) is 11.6 Å². The molecule has 0 unspecified atom stereocenters. The number of piperazine rings is 1. The zero-order valence-corrected chi connectivity index (χ0v) is 20.3. The number of aromatic nitrogens is 1. The fraction of sp³-hybridized carbons (Fsp3) is 0.241. The molecular formula is C29H26ClN3O2. The summed E-state index contributed by atoms with van der Waals surface area (Å²) in [6.07, 6.45) is 0.706. The average molecular weight is 484 g/mol. The Balaban J connectivity index is 1.47. The van der Waals surface area contributed by atoms with Crippen LogP contribution in [0.2, 0.25) is 5.02 Å². The minimum absolute atomic E-state index is 0.0403. The van der Waals surface area contributed by atoms with Crippen LogP contribution in [-0.2, 0) is 21.5 Å². The van der Waals surface area contributed by atoms with Crippen LogP contribution in [0.1, 0.15) is 35.2 Å². The molecule has 1 N–H and O–H groups in total. The number of hydrogen-bond acceptors (Lipinski definition) is 2. The lowest BCUT2D eigenvalue weighted by atomic mass is 9.76. The molecule has 0 bridgehead atoms. The second kappa shape index (κ2) is 8.28. The van der Waals surface area contributed by atoms with Crippen molar-refractivity contribution >= 4 is 34.3 Å². The summed E-state index contributed by atoms with van der Waals surface area (Å²) in [5.74, 6) is -0.212. The Bertz CT molecular complexity index is 1450. The van der Waals surface area contributed by atoms with Gasteiger partial charge in [0, 0.05) is 34.9 Å². The molecule has 0 saturated carbocycles. The number of fused-ring (bicyclic) bond motifs is 5. The molecule has 6 rings (SSSR count). The predicted octanol–water partition coefficient (Wildman–Crippen LogP) is 5.10. The topological polar surface area (TPSA) is 56.4 Å². The van der Waals surface area contributed by atoms with Crippen LogP contribution in [0.4, 0.5) is 0 Å². The van der Waals surface area contributed by atoms with Gasteiger partial charge in [-0.2, -0.15) is 0 Å². The maximum Gasteiger partial charge on any atom is 0.254 e. The lowest BCUT2D eigenvalue weighted by Crippen LogP contribution is -2.67. The fourth-order valence-electron chi connectivity index (χ4n) is 5.80. The van der Waals surface area contributed by atoms with Gasteiger partial charge in [0.25, 0.3) is 5.91 Å². The summed E-state index contributed by atoms with van der Waals surface area (Å²) >= 11 is 6.65. The normalized spacial score (nSPS) is 21.8. The number of H-pyrrole nitrogens is 1. The van der Waals surface area contributed by atoms with Crippen molar-refractivity contribution in [3.63, 3.8) is 0 Å². The van der Waals surface area contributed by atoms with Crippen molar-refractivity contribution < 1.29 is 9.59 Å². The van der Waals surface area contributed by atoms with Gasteiger partial charge in [-0.05, 0) is 42.2 Å². The van der Waals surface area contributed by atoms with Crippen molar-refractivity contribution in [2.45, 2.75) is 24.8 Å². The van der Waals surface area contributed by atoms with Crippen LogP contribution in [0, 0.1) is 0 Å². The molecule has 2 aliphatic heterocycles. The third-order valence-electron chi connectivity index (χ3n) is 7.61. The lowest BCUT2D eigenvalue weighted by molar-refractivity contribution is -0.166. The Labute approximate surface area is 209 Å². The Hall–Kier alpha value is -3.57. The molecule has 2 atom stereocenters. The number of nitrogens with zero attached hydrogens (tertiary/aromatic N) is 2. The SMILES string of the molecule is C[C@]12C(=O)N(CCc3ccccc3)CC(=O)N1C[C@@H](c1ccccc1Cl)c1c2[nH]c2ccccc12. The summed E-state index contributed by atoms with van der Waals surface area (Å²) in [6, 6.07) is 25.9. The number of amides is 2. The number of hydrogen-bond donors (Lipinski definition) is 1. The van der Waals surface area contributed by atoms with Gasteiger partial charge in [-0.25, -0.2) is 0 Å². The monoisotopic (exact) mass is 483 g/mol. The van der Waals surface area contributed by atoms with E-state index >= 15 is 0 Å². The molecule has 0 spiro atoms. The summed E-state index contributed by atoms with van der Waals surface area (Å²) in [4.78, 5) is 34.7. The van der Waals surface area contributed by atoms with Crippen LogP contribution >= 0.6 is 11.6 Å². The Morgan fingerprint density at radius 3 is 2.49 bits per heavy atom. The highest BCUT2D eigenvalue weighted by molar-refractivity contribution is 6.31. The molecule has 0 aliphatic carbocycles. The fourth-order valence-corrected chi connectivity index (χ4v) is 6.07. The Morgan fingerprint density at radius 2 is 1.69 bits per heavy atom. The number of carbonyl (C=O) groups excluding carboxylic acids is 2. The van der Waals surface area contributed by atoms with E-state index in [9.17, 15) is 9.59 Å². The van der Waals surface area contributed by atoms with E-state index in [-0.39, 0.29) is 24.3 Å². The van der Waals surface area contributed by atoms with Crippen molar-refractivity contribution in [1.82, 2.24) is 14.8 Å². The van der Waals surface area contributed by atoms with Gasteiger partial charge in [0.2, 0.25) is 5.91 Å². The second-order valence-electron chi connectivity index (χ2n) is 9.57. The third-order valence-corrected chi connectivity index (χ3v) is 7.96. The average Bonchev–Trinajstić information content (AvgIpc) is 3.28. The van der Waals surface area contributed by atoms with Gasteiger partial charge >= 0.3 is 0 Å². The number of benzene rings is 3. The van der Waals surface area contributed by atoms with E-state index in [1.54, 1.807) is 9.80 Å². The van der Waals surface area contributed by atoms with Crippen molar-refractivity contribution in [2.24, 2.45) is 0 Å².